The first kappa shape index (κ1) is 23.8. The maximum absolute atomic E-state index is 13.3. The minimum Gasteiger partial charge on any atom is -0.481 e. The highest BCUT2D eigenvalue weighted by Crippen LogP contribution is 2.44. The van der Waals surface area contributed by atoms with Crippen molar-refractivity contribution in [3.8, 4) is 11.1 Å². The molecule has 0 radical (unpaired) electrons. The van der Waals surface area contributed by atoms with E-state index < -0.39 is 17.5 Å². The summed E-state index contributed by atoms with van der Waals surface area (Å²) in [5.74, 6) is -1.06. The fourth-order valence-corrected chi connectivity index (χ4v) is 4.67. The number of carbonyl (C=O) groups is 3. The topological polar surface area (TPSA) is 95.9 Å². The molecule has 1 atom stereocenters. The molecule has 2 aliphatic carbocycles. The number of carboxylic acids is 1. The van der Waals surface area contributed by atoms with Crippen LogP contribution in [0.3, 0.4) is 0 Å². The minimum atomic E-state index is -0.923. The van der Waals surface area contributed by atoms with Crippen LogP contribution in [0.15, 0.2) is 48.5 Å². The van der Waals surface area contributed by atoms with E-state index in [9.17, 15) is 14.4 Å². The third-order valence-electron chi connectivity index (χ3n) is 7.08. The second-order valence-electron chi connectivity index (χ2n) is 9.47. The van der Waals surface area contributed by atoms with Gasteiger partial charge in [-0.15, -0.1) is 0 Å². The van der Waals surface area contributed by atoms with E-state index in [0.29, 0.717) is 6.42 Å². The lowest BCUT2D eigenvalue weighted by Gasteiger charge is -2.34. The number of benzene rings is 2. The monoisotopic (exact) mass is 464 g/mol. The molecule has 2 N–H and O–H groups in total. The summed E-state index contributed by atoms with van der Waals surface area (Å²) in [6.07, 6.45) is 1.67. The van der Waals surface area contributed by atoms with Crippen LogP contribution in [0.1, 0.15) is 56.6 Å². The predicted molar refractivity (Wildman–Crippen MR) is 128 cm³/mol. The Balaban J connectivity index is 1.36. The number of aliphatic carboxylic acids is 1. The van der Waals surface area contributed by atoms with Crippen LogP contribution in [0.5, 0.6) is 0 Å². The number of nitrogens with one attached hydrogen (secondary N) is 1. The molecule has 4 rings (SSSR count). The second-order valence-corrected chi connectivity index (χ2v) is 9.47. The average Bonchev–Trinajstić information content (AvgIpc) is 3.63. The molecule has 2 amide bonds. The number of rotatable bonds is 10. The first-order valence-electron chi connectivity index (χ1n) is 12.0. The van der Waals surface area contributed by atoms with Gasteiger partial charge in [0, 0.05) is 25.0 Å². The molecule has 1 unspecified atom stereocenters. The fraction of sp³-hybridized carbons (Fsp3) is 0.444. The first-order chi connectivity index (χ1) is 16.3. The Morgan fingerprint density at radius 3 is 2.18 bits per heavy atom. The summed E-state index contributed by atoms with van der Waals surface area (Å²) in [6, 6.07) is 16.4. The van der Waals surface area contributed by atoms with Crippen LogP contribution >= 0.6 is 0 Å². The number of hydrogen-bond donors (Lipinski definition) is 2. The van der Waals surface area contributed by atoms with Crippen molar-refractivity contribution < 1.29 is 24.2 Å². The molecule has 0 saturated heterocycles. The molecule has 1 saturated carbocycles. The maximum atomic E-state index is 13.3. The number of ether oxygens (including phenoxy) is 1. The van der Waals surface area contributed by atoms with Crippen molar-refractivity contribution in [2.75, 3.05) is 19.7 Å². The standard InChI is InChI=1S/C27H32N2O5/c1-3-27(2,25(32)29(18-12-13-18)15-14-24(30)31)17-28-26(33)34-16-23-21-10-6-4-8-19(21)20-9-5-7-11-22(20)23/h4-11,18,23H,3,12-17H2,1-2H3,(H,28,33)(H,30,31). The molecule has 0 spiro atoms. The quantitative estimate of drug-likeness (QED) is 0.543. The summed E-state index contributed by atoms with van der Waals surface area (Å²) in [7, 11) is 0. The highest BCUT2D eigenvalue weighted by Gasteiger charge is 2.41. The van der Waals surface area contributed by atoms with E-state index in [4.69, 9.17) is 9.84 Å². The van der Waals surface area contributed by atoms with Crippen LogP contribution in [0.2, 0.25) is 0 Å². The van der Waals surface area contributed by atoms with E-state index in [1.807, 2.05) is 38.1 Å². The molecule has 2 aromatic carbocycles. The van der Waals surface area contributed by atoms with Gasteiger partial charge in [-0.05, 0) is 48.4 Å². The predicted octanol–water partition coefficient (Wildman–Crippen LogP) is 4.41. The Morgan fingerprint density at radius 1 is 1.06 bits per heavy atom. The molecule has 180 valence electrons. The van der Waals surface area contributed by atoms with E-state index in [-0.39, 0.29) is 44.0 Å². The van der Waals surface area contributed by atoms with Crippen LogP contribution in [-0.2, 0) is 14.3 Å². The van der Waals surface area contributed by atoms with Crippen molar-refractivity contribution >= 4 is 18.0 Å². The highest BCUT2D eigenvalue weighted by molar-refractivity contribution is 5.84. The summed E-state index contributed by atoms with van der Waals surface area (Å²) >= 11 is 0. The SMILES string of the molecule is CCC(C)(CNC(=O)OCC1c2ccccc2-c2ccccc21)C(=O)N(CCC(=O)O)C1CC1. The molecule has 0 heterocycles. The van der Waals surface area contributed by atoms with Gasteiger partial charge < -0.3 is 20.1 Å². The zero-order chi connectivity index (χ0) is 24.3. The second kappa shape index (κ2) is 9.87. The zero-order valence-electron chi connectivity index (χ0n) is 19.8. The molecule has 2 aliphatic rings. The summed E-state index contributed by atoms with van der Waals surface area (Å²) in [6.45, 7) is 4.26. The zero-order valence-corrected chi connectivity index (χ0v) is 19.8. The van der Waals surface area contributed by atoms with Crippen molar-refractivity contribution in [2.24, 2.45) is 5.41 Å². The normalized spacial score (nSPS) is 16.2. The summed E-state index contributed by atoms with van der Waals surface area (Å²) in [4.78, 5) is 38.6. The van der Waals surface area contributed by atoms with E-state index in [1.54, 1.807) is 4.90 Å². The first-order valence-corrected chi connectivity index (χ1v) is 12.0. The third kappa shape index (κ3) is 4.93. The van der Waals surface area contributed by atoms with Crippen molar-refractivity contribution in [2.45, 2.75) is 51.5 Å². The highest BCUT2D eigenvalue weighted by atomic mass is 16.5. The largest absolute Gasteiger partial charge is 0.481 e. The van der Waals surface area contributed by atoms with Gasteiger partial charge in [0.1, 0.15) is 6.61 Å². The van der Waals surface area contributed by atoms with Crippen LogP contribution < -0.4 is 5.32 Å². The average molecular weight is 465 g/mol. The van der Waals surface area contributed by atoms with E-state index in [2.05, 4.69) is 29.6 Å². The van der Waals surface area contributed by atoms with Gasteiger partial charge in [-0.3, -0.25) is 9.59 Å². The smallest absolute Gasteiger partial charge is 0.407 e. The maximum Gasteiger partial charge on any atom is 0.407 e. The molecule has 0 aliphatic heterocycles. The fourth-order valence-electron chi connectivity index (χ4n) is 4.67. The molecular weight excluding hydrogens is 432 g/mol. The van der Waals surface area contributed by atoms with Crippen molar-refractivity contribution in [1.82, 2.24) is 10.2 Å². The van der Waals surface area contributed by atoms with E-state index in [1.165, 1.54) is 0 Å². The van der Waals surface area contributed by atoms with Crippen LogP contribution in [0.4, 0.5) is 4.79 Å². The number of alkyl carbamates (subject to hydrolysis) is 1. The summed E-state index contributed by atoms with van der Waals surface area (Å²) in [5.41, 5.74) is 3.79. The Morgan fingerprint density at radius 2 is 1.65 bits per heavy atom. The minimum absolute atomic E-state index is 0.0290. The number of amides is 2. The summed E-state index contributed by atoms with van der Waals surface area (Å²) in [5, 5.41) is 11.8. The van der Waals surface area contributed by atoms with Gasteiger partial charge in [0.25, 0.3) is 0 Å². The summed E-state index contributed by atoms with van der Waals surface area (Å²) < 4.78 is 5.61. The molecule has 7 heteroatoms. The number of hydrogen-bond acceptors (Lipinski definition) is 4. The molecule has 0 aromatic heterocycles. The van der Waals surface area contributed by atoms with Crippen molar-refractivity contribution in [1.29, 1.82) is 0 Å². The van der Waals surface area contributed by atoms with Crippen LogP contribution in [-0.4, -0.2) is 53.7 Å². The Bertz CT molecular complexity index is 1030. The lowest BCUT2D eigenvalue weighted by molar-refractivity contribution is -0.143. The van der Waals surface area contributed by atoms with Crippen molar-refractivity contribution in [3.63, 3.8) is 0 Å². The van der Waals surface area contributed by atoms with Crippen LogP contribution in [0, 0.1) is 5.41 Å². The number of nitrogens with zero attached hydrogens (tertiary/aromatic N) is 1. The molecule has 7 nitrogen and oxygen atoms in total. The number of carboxylic acid groups (broad SMARTS) is 1. The van der Waals surface area contributed by atoms with Gasteiger partial charge in [0.15, 0.2) is 0 Å². The van der Waals surface area contributed by atoms with Crippen LogP contribution in [0.25, 0.3) is 11.1 Å². The molecule has 2 aromatic rings. The van der Waals surface area contributed by atoms with Crippen molar-refractivity contribution in [3.05, 3.63) is 59.7 Å². The third-order valence-corrected chi connectivity index (χ3v) is 7.08. The Labute approximate surface area is 200 Å². The molecular formula is C27H32N2O5. The lowest BCUT2D eigenvalue weighted by atomic mass is 9.85. The molecule has 34 heavy (non-hydrogen) atoms. The molecule has 0 bridgehead atoms. The van der Waals surface area contributed by atoms with E-state index in [0.717, 1.165) is 35.1 Å². The van der Waals surface area contributed by atoms with Gasteiger partial charge in [0.05, 0.1) is 11.8 Å². The van der Waals surface area contributed by atoms with Gasteiger partial charge in [-0.25, -0.2) is 4.79 Å². The van der Waals surface area contributed by atoms with E-state index >= 15 is 0 Å². The van der Waals surface area contributed by atoms with Gasteiger partial charge in [0.2, 0.25) is 5.91 Å². The van der Waals surface area contributed by atoms with Gasteiger partial charge in [-0.1, -0.05) is 55.5 Å². The molecule has 1 fully saturated rings. The Kier molecular flexibility index (Phi) is 6.91. The number of carbonyl (C=O) groups excluding carboxylic acids is 2. The lowest BCUT2D eigenvalue weighted by Crippen LogP contribution is -2.49. The number of fused-ring (bicyclic) bond motifs is 3. The van der Waals surface area contributed by atoms with Gasteiger partial charge >= 0.3 is 12.1 Å². The Hall–Kier alpha value is -3.35. The van der Waals surface area contributed by atoms with Gasteiger partial charge in [-0.2, -0.15) is 0 Å².